The third-order valence-electron chi connectivity index (χ3n) is 4.40. The van der Waals surface area contributed by atoms with Crippen LogP contribution >= 0.6 is 11.3 Å². The molecule has 0 saturated heterocycles. The van der Waals surface area contributed by atoms with E-state index in [9.17, 15) is 19.6 Å². The standard InChI is InChI=1S/C19H16BN3O5S/c24-17(18(25)23-19-21-13-6-2-4-8-15(13)29-19)22-16(20(26)27)9-11-10-28-14-7-3-1-5-12(11)14/h1-8,10,16,26-27H,9H2,(H,22,24)(H,21,23,25). The van der Waals surface area contributed by atoms with Gasteiger partial charge in [0.25, 0.3) is 0 Å². The zero-order chi connectivity index (χ0) is 20.4. The van der Waals surface area contributed by atoms with E-state index in [0.29, 0.717) is 16.7 Å². The maximum Gasteiger partial charge on any atom is 0.475 e. The van der Waals surface area contributed by atoms with Gasteiger partial charge in [0.2, 0.25) is 0 Å². The summed E-state index contributed by atoms with van der Waals surface area (Å²) >= 11 is 1.24. The molecule has 0 spiro atoms. The Morgan fingerprint density at radius 3 is 2.66 bits per heavy atom. The SMILES string of the molecule is O=C(Nc1nc2ccccc2s1)C(=O)NC(Cc1coc2ccccc12)B(O)O. The Morgan fingerprint density at radius 1 is 1.10 bits per heavy atom. The van der Waals surface area contributed by atoms with E-state index in [1.54, 1.807) is 12.1 Å². The Labute approximate surface area is 169 Å². The highest BCUT2D eigenvalue weighted by Gasteiger charge is 2.29. The predicted octanol–water partition coefficient (Wildman–Crippen LogP) is 1.72. The van der Waals surface area contributed by atoms with Crippen molar-refractivity contribution in [3.63, 3.8) is 0 Å². The van der Waals surface area contributed by atoms with Crippen LogP contribution in [0.2, 0.25) is 0 Å². The molecular weight excluding hydrogens is 393 g/mol. The van der Waals surface area contributed by atoms with Crippen molar-refractivity contribution in [3.8, 4) is 0 Å². The van der Waals surface area contributed by atoms with E-state index in [0.717, 1.165) is 10.1 Å². The maximum atomic E-state index is 12.3. The number of amides is 2. The quantitative estimate of drug-likeness (QED) is 0.294. The number of furan rings is 1. The number of carbonyl (C=O) groups is 2. The zero-order valence-electron chi connectivity index (χ0n) is 15.0. The first kappa shape index (κ1) is 19.1. The molecule has 2 aromatic carbocycles. The van der Waals surface area contributed by atoms with Gasteiger partial charge in [-0.05, 0) is 30.2 Å². The minimum atomic E-state index is -1.86. The lowest BCUT2D eigenvalue weighted by Gasteiger charge is -2.16. The van der Waals surface area contributed by atoms with Crippen LogP contribution in [0.25, 0.3) is 21.2 Å². The van der Waals surface area contributed by atoms with Crippen LogP contribution in [-0.2, 0) is 16.0 Å². The highest BCUT2D eigenvalue weighted by atomic mass is 32.1. The molecule has 0 bridgehead atoms. The Bertz CT molecular complexity index is 1160. The van der Waals surface area contributed by atoms with Crippen molar-refractivity contribution in [1.82, 2.24) is 10.3 Å². The van der Waals surface area contributed by atoms with Crippen LogP contribution in [0, 0.1) is 0 Å². The molecule has 2 amide bonds. The molecule has 0 aliphatic carbocycles. The number of hydrogen-bond acceptors (Lipinski definition) is 7. The van der Waals surface area contributed by atoms with Gasteiger partial charge in [-0.1, -0.05) is 41.7 Å². The predicted molar refractivity (Wildman–Crippen MR) is 110 cm³/mol. The molecule has 1 atom stereocenters. The number of rotatable bonds is 5. The fraction of sp³-hybridized carbons (Fsp3) is 0.105. The number of thiazole rings is 1. The van der Waals surface area contributed by atoms with Crippen LogP contribution in [0.3, 0.4) is 0 Å². The smallest absolute Gasteiger partial charge is 0.464 e. The van der Waals surface area contributed by atoms with Crippen molar-refractivity contribution in [1.29, 1.82) is 0 Å². The van der Waals surface area contributed by atoms with Crippen LogP contribution in [0.5, 0.6) is 0 Å². The molecule has 146 valence electrons. The summed E-state index contributed by atoms with van der Waals surface area (Å²) in [4.78, 5) is 28.7. The molecule has 2 heterocycles. The van der Waals surface area contributed by atoms with Gasteiger partial charge in [-0.25, -0.2) is 4.98 Å². The average molecular weight is 409 g/mol. The van der Waals surface area contributed by atoms with Crippen LogP contribution in [-0.4, -0.2) is 39.9 Å². The van der Waals surface area contributed by atoms with Gasteiger partial charge in [0, 0.05) is 5.39 Å². The second-order valence-corrected chi connectivity index (χ2v) is 7.43. The Hall–Kier alpha value is -3.21. The number of nitrogens with one attached hydrogen (secondary N) is 2. The van der Waals surface area contributed by atoms with E-state index >= 15 is 0 Å². The van der Waals surface area contributed by atoms with Crippen LogP contribution in [0.1, 0.15) is 5.56 Å². The van der Waals surface area contributed by atoms with Gasteiger partial charge in [-0.15, -0.1) is 0 Å². The Balaban J connectivity index is 1.44. The van der Waals surface area contributed by atoms with Crippen molar-refractivity contribution < 1.29 is 24.1 Å². The number of fused-ring (bicyclic) bond motifs is 2. The molecule has 8 nitrogen and oxygen atoms in total. The zero-order valence-corrected chi connectivity index (χ0v) is 15.8. The largest absolute Gasteiger partial charge is 0.475 e. The number of carbonyl (C=O) groups excluding carboxylic acids is 2. The number of anilines is 1. The summed E-state index contributed by atoms with van der Waals surface area (Å²) in [7, 11) is -1.86. The average Bonchev–Trinajstić information content (AvgIpc) is 3.30. The molecule has 0 aliphatic heterocycles. The highest BCUT2D eigenvalue weighted by Crippen LogP contribution is 2.25. The number of hydrogen-bond donors (Lipinski definition) is 4. The molecule has 0 saturated carbocycles. The fourth-order valence-electron chi connectivity index (χ4n) is 2.97. The fourth-order valence-corrected chi connectivity index (χ4v) is 3.83. The second-order valence-electron chi connectivity index (χ2n) is 6.40. The minimum absolute atomic E-state index is 0.0782. The van der Waals surface area contributed by atoms with Gasteiger partial charge < -0.3 is 19.8 Å². The van der Waals surface area contributed by atoms with Crippen molar-refractivity contribution in [2.75, 3.05) is 5.32 Å². The lowest BCUT2D eigenvalue weighted by atomic mass is 9.76. The van der Waals surface area contributed by atoms with E-state index in [4.69, 9.17) is 4.42 Å². The Morgan fingerprint density at radius 2 is 1.86 bits per heavy atom. The van der Waals surface area contributed by atoms with Gasteiger partial charge in [0.1, 0.15) is 5.58 Å². The Kier molecular flexibility index (Phi) is 5.30. The molecule has 4 rings (SSSR count). The first-order valence-electron chi connectivity index (χ1n) is 8.80. The lowest BCUT2D eigenvalue weighted by molar-refractivity contribution is -0.136. The van der Waals surface area contributed by atoms with Gasteiger partial charge in [-0.3, -0.25) is 14.9 Å². The number of nitrogens with zero attached hydrogens (tertiary/aromatic N) is 1. The van der Waals surface area contributed by atoms with Crippen molar-refractivity contribution >= 4 is 56.6 Å². The van der Waals surface area contributed by atoms with Crippen molar-refractivity contribution in [2.24, 2.45) is 0 Å². The monoisotopic (exact) mass is 409 g/mol. The summed E-state index contributed by atoms with van der Waals surface area (Å²) in [5.41, 5.74) is 2.04. The molecule has 2 aromatic heterocycles. The molecule has 4 aromatic rings. The summed E-state index contributed by atoms with van der Waals surface area (Å²) < 4.78 is 6.30. The summed E-state index contributed by atoms with van der Waals surface area (Å²) in [6.45, 7) is 0. The van der Waals surface area contributed by atoms with Crippen LogP contribution < -0.4 is 10.6 Å². The second kappa shape index (κ2) is 8.04. The third-order valence-corrected chi connectivity index (χ3v) is 5.35. The van der Waals surface area contributed by atoms with E-state index in [-0.39, 0.29) is 11.6 Å². The van der Waals surface area contributed by atoms with Gasteiger partial charge in [0.05, 0.1) is 22.4 Å². The first-order valence-corrected chi connectivity index (χ1v) is 9.61. The van der Waals surface area contributed by atoms with Gasteiger partial charge in [-0.2, -0.15) is 0 Å². The van der Waals surface area contributed by atoms with E-state index in [2.05, 4.69) is 15.6 Å². The molecule has 10 heteroatoms. The first-order chi connectivity index (χ1) is 14.0. The minimum Gasteiger partial charge on any atom is -0.464 e. The van der Waals surface area contributed by atoms with E-state index in [1.165, 1.54) is 17.6 Å². The van der Waals surface area contributed by atoms with E-state index in [1.807, 2.05) is 36.4 Å². The van der Waals surface area contributed by atoms with Crippen molar-refractivity contribution in [2.45, 2.75) is 12.4 Å². The molecule has 0 aliphatic rings. The molecule has 1 unspecified atom stereocenters. The summed E-state index contributed by atoms with van der Waals surface area (Å²) in [6.07, 6.45) is 1.57. The topological polar surface area (TPSA) is 125 Å². The number of benzene rings is 2. The normalized spacial score (nSPS) is 12.1. The molecule has 4 N–H and O–H groups in total. The van der Waals surface area contributed by atoms with Crippen LogP contribution in [0.15, 0.2) is 59.2 Å². The highest BCUT2D eigenvalue weighted by molar-refractivity contribution is 7.22. The lowest BCUT2D eigenvalue weighted by Crippen LogP contribution is -2.51. The molecule has 0 fully saturated rings. The number of para-hydroxylation sites is 2. The summed E-state index contributed by atoms with van der Waals surface area (Å²) in [5.74, 6) is -3.02. The van der Waals surface area contributed by atoms with E-state index < -0.39 is 24.9 Å². The van der Waals surface area contributed by atoms with Crippen LogP contribution in [0.4, 0.5) is 5.13 Å². The summed E-state index contributed by atoms with van der Waals surface area (Å²) in [5, 5.41) is 25.2. The van der Waals surface area contributed by atoms with Gasteiger partial charge >= 0.3 is 18.9 Å². The molecular formula is C19H16BN3O5S. The maximum absolute atomic E-state index is 12.3. The molecule has 0 radical (unpaired) electrons. The number of aromatic nitrogens is 1. The summed E-state index contributed by atoms with van der Waals surface area (Å²) in [6, 6.07) is 14.6. The van der Waals surface area contributed by atoms with Gasteiger partial charge in [0.15, 0.2) is 5.13 Å². The molecule has 29 heavy (non-hydrogen) atoms. The third kappa shape index (κ3) is 4.14. The van der Waals surface area contributed by atoms with Crippen molar-refractivity contribution in [3.05, 3.63) is 60.4 Å².